The van der Waals surface area contributed by atoms with Crippen molar-refractivity contribution in [2.45, 2.75) is 69.4 Å². The third-order valence-corrected chi connectivity index (χ3v) is 11.8. The van der Waals surface area contributed by atoms with E-state index < -0.39 is 10.0 Å². The number of hydrogen-bond acceptors (Lipinski definition) is 6. The van der Waals surface area contributed by atoms with Gasteiger partial charge in [0.25, 0.3) is 5.91 Å². The summed E-state index contributed by atoms with van der Waals surface area (Å²) in [6.45, 7) is 4.55. The van der Waals surface area contributed by atoms with Crippen LogP contribution in [-0.4, -0.2) is 63.3 Å². The third kappa shape index (κ3) is 10.8. The number of benzene rings is 4. The molecule has 2 saturated heterocycles. The van der Waals surface area contributed by atoms with Gasteiger partial charge in [-0.2, -0.15) is 0 Å². The van der Waals surface area contributed by atoms with Gasteiger partial charge < -0.3 is 19.9 Å². The molecule has 0 unspecified atom stereocenters. The highest BCUT2D eigenvalue weighted by atomic mass is 32.2. The molecule has 0 aromatic heterocycles. The molecule has 0 bridgehead atoms. The highest BCUT2D eigenvalue weighted by Gasteiger charge is 2.24. The summed E-state index contributed by atoms with van der Waals surface area (Å²) < 4.78 is 28.9. The Hall–Kier alpha value is -4.51. The maximum absolute atomic E-state index is 13.8. The van der Waals surface area contributed by atoms with Crippen LogP contribution in [0.4, 0.5) is 0 Å². The molecule has 0 saturated carbocycles. The number of nitrogens with zero attached hydrogens (tertiary/aromatic N) is 2. The Bertz CT molecular complexity index is 1930. The van der Waals surface area contributed by atoms with Crippen LogP contribution in [0.5, 0.6) is 5.75 Å². The number of carbonyl (C=O) groups excluding carboxylic acids is 2. The Kier molecular flexibility index (Phi) is 13.0. The van der Waals surface area contributed by atoms with Gasteiger partial charge in [0.15, 0.2) is 0 Å². The van der Waals surface area contributed by atoms with Crippen LogP contribution < -0.4 is 15.2 Å². The lowest BCUT2D eigenvalue weighted by Crippen LogP contribution is -2.38. The van der Waals surface area contributed by atoms with Gasteiger partial charge in [-0.3, -0.25) is 9.59 Å². The van der Waals surface area contributed by atoms with Crippen molar-refractivity contribution in [1.82, 2.24) is 15.1 Å². The van der Waals surface area contributed by atoms with E-state index in [1.165, 1.54) is 44.2 Å². The van der Waals surface area contributed by atoms with Crippen LogP contribution in [0.1, 0.15) is 72.0 Å². The lowest BCUT2D eigenvalue weighted by atomic mass is 9.87. The quantitative estimate of drug-likeness (QED) is 0.147. The predicted octanol–water partition coefficient (Wildman–Crippen LogP) is 6.80. The molecule has 0 atom stereocenters. The maximum atomic E-state index is 13.8. The van der Waals surface area contributed by atoms with Gasteiger partial charge >= 0.3 is 0 Å². The molecule has 280 valence electrons. The van der Waals surface area contributed by atoms with Gasteiger partial charge in [-0.15, -0.1) is 0 Å². The average Bonchev–Trinajstić information content (AvgIpc) is 3.18. The Labute approximate surface area is 314 Å². The fourth-order valence-electron chi connectivity index (χ4n) is 7.64. The number of primary sulfonamides is 1. The van der Waals surface area contributed by atoms with E-state index in [-0.39, 0.29) is 29.7 Å². The number of hydrogen-bond donors (Lipinski definition) is 2. The molecule has 0 radical (unpaired) electrons. The summed E-state index contributed by atoms with van der Waals surface area (Å²) >= 11 is 0. The van der Waals surface area contributed by atoms with Crippen LogP contribution in [-0.2, 0) is 34.3 Å². The van der Waals surface area contributed by atoms with Crippen LogP contribution >= 0.6 is 0 Å². The number of carbonyl (C=O) groups is 2. The maximum Gasteiger partial charge on any atom is 0.253 e. The molecule has 10 heteroatoms. The standard InChI is InChI=1S/C43H52N4O5S/c1-52-40-15-11-34(12-16-40)28-42(48)47(30-35-13-17-41(18-14-35)53(44,50)51)31-36-7-3-8-37(27-36)38-9-4-10-39(29-38)43(49)46-25-21-33(22-26-46)6-2-5-32-19-23-45-24-20-32/h3-4,7-18,27,29,32-33,45H,2,5-6,19-26,28,30-31H2,1H3,(H2,44,50,51). The van der Waals surface area contributed by atoms with Gasteiger partial charge in [0.1, 0.15) is 5.75 Å². The summed E-state index contributed by atoms with van der Waals surface area (Å²) in [5.41, 5.74) is 5.17. The van der Waals surface area contributed by atoms with Crippen LogP contribution in [0.25, 0.3) is 11.1 Å². The lowest BCUT2D eigenvalue weighted by molar-refractivity contribution is -0.131. The topological polar surface area (TPSA) is 122 Å². The normalized spacial score (nSPS) is 15.6. The van der Waals surface area contributed by atoms with Crippen molar-refractivity contribution in [3.63, 3.8) is 0 Å². The van der Waals surface area contributed by atoms with E-state index in [0.29, 0.717) is 23.8 Å². The molecule has 6 rings (SSSR count). The third-order valence-electron chi connectivity index (χ3n) is 10.8. The minimum absolute atomic E-state index is 0.0218. The monoisotopic (exact) mass is 736 g/mol. The van der Waals surface area contributed by atoms with E-state index in [2.05, 4.69) is 11.4 Å². The van der Waals surface area contributed by atoms with Crippen molar-refractivity contribution >= 4 is 21.8 Å². The molecule has 9 nitrogen and oxygen atoms in total. The van der Waals surface area contributed by atoms with Gasteiger partial charge in [-0.1, -0.05) is 73.9 Å². The molecule has 53 heavy (non-hydrogen) atoms. The predicted molar refractivity (Wildman–Crippen MR) is 209 cm³/mol. The Balaban J connectivity index is 1.11. The highest BCUT2D eigenvalue weighted by Crippen LogP contribution is 2.28. The van der Waals surface area contributed by atoms with Gasteiger partial charge in [0.2, 0.25) is 15.9 Å². The second-order valence-electron chi connectivity index (χ2n) is 14.6. The van der Waals surface area contributed by atoms with Crippen LogP contribution in [0.3, 0.4) is 0 Å². The van der Waals surface area contributed by atoms with Crippen molar-refractivity contribution in [3.05, 3.63) is 119 Å². The number of nitrogens with two attached hydrogens (primary N) is 1. The van der Waals surface area contributed by atoms with E-state index in [9.17, 15) is 18.0 Å². The number of nitrogens with one attached hydrogen (secondary N) is 1. The lowest BCUT2D eigenvalue weighted by Gasteiger charge is -2.32. The van der Waals surface area contributed by atoms with Gasteiger partial charge in [-0.25, -0.2) is 13.6 Å². The molecule has 2 fully saturated rings. The second kappa shape index (κ2) is 18.0. The van der Waals surface area contributed by atoms with Crippen molar-refractivity contribution in [2.24, 2.45) is 17.0 Å². The molecule has 2 amide bonds. The van der Waals surface area contributed by atoms with Gasteiger partial charge in [0, 0.05) is 31.7 Å². The van der Waals surface area contributed by atoms with E-state index in [0.717, 1.165) is 72.8 Å². The summed E-state index contributed by atoms with van der Waals surface area (Å²) in [5.74, 6) is 2.31. The van der Waals surface area contributed by atoms with Crippen molar-refractivity contribution < 1.29 is 22.7 Å². The minimum atomic E-state index is -3.83. The van der Waals surface area contributed by atoms with E-state index in [4.69, 9.17) is 9.88 Å². The first kappa shape index (κ1) is 38.2. The number of amides is 2. The van der Waals surface area contributed by atoms with Crippen molar-refractivity contribution in [2.75, 3.05) is 33.3 Å². The number of likely N-dealkylation sites (tertiary alicyclic amines) is 1. The fourth-order valence-corrected chi connectivity index (χ4v) is 8.16. The molecule has 2 heterocycles. The second-order valence-corrected chi connectivity index (χ2v) is 16.2. The summed E-state index contributed by atoms with van der Waals surface area (Å²) in [6.07, 6.45) is 8.86. The largest absolute Gasteiger partial charge is 0.497 e. The Morgan fingerprint density at radius 1 is 0.774 bits per heavy atom. The number of methoxy groups -OCH3 is 1. The first-order valence-electron chi connectivity index (χ1n) is 18.9. The smallest absolute Gasteiger partial charge is 0.253 e. The van der Waals surface area contributed by atoms with E-state index >= 15 is 0 Å². The molecular weight excluding hydrogens is 685 g/mol. The molecular formula is C43H52N4O5S. The number of ether oxygens (including phenoxy) is 1. The SMILES string of the molecule is COc1ccc(CC(=O)N(Cc2ccc(S(N)(=O)=O)cc2)Cc2cccc(-c3cccc(C(=O)N4CCC(CCCC5CCNCC5)CC4)c3)c2)cc1. The van der Waals surface area contributed by atoms with Crippen LogP contribution in [0, 0.1) is 11.8 Å². The van der Waals surface area contributed by atoms with Crippen molar-refractivity contribution in [1.29, 1.82) is 0 Å². The molecule has 2 aliphatic heterocycles. The average molecular weight is 737 g/mol. The fraction of sp³-hybridized carbons (Fsp3) is 0.395. The Morgan fingerprint density at radius 3 is 2.04 bits per heavy atom. The minimum Gasteiger partial charge on any atom is -0.497 e. The summed E-state index contributed by atoms with van der Waals surface area (Å²) in [5, 5.41) is 8.77. The highest BCUT2D eigenvalue weighted by molar-refractivity contribution is 7.89. The molecule has 4 aromatic carbocycles. The molecule has 4 aromatic rings. The zero-order valence-electron chi connectivity index (χ0n) is 30.7. The summed E-state index contributed by atoms with van der Waals surface area (Å²) in [7, 11) is -2.23. The zero-order chi connectivity index (χ0) is 37.2. The molecule has 0 spiro atoms. The number of piperidine rings is 2. The van der Waals surface area contributed by atoms with E-state index in [1.807, 2.05) is 71.6 Å². The molecule has 0 aliphatic carbocycles. The number of rotatable bonds is 14. The zero-order valence-corrected chi connectivity index (χ0v) is 31.5. The summed E-state index contributed by atoms with van der Waals surface area (Å²) in [6, 6.07) is 29.6. The first-order chi connectivity index (χ1) is 25.6. The molecule has 2 aliphatic rings. The first-order valence-corrected chi connectivity index (χ1v) is 20.4. The van der Waals surface area contributed by atoms with Crippen molar-refractivity contribution in [3.8, 4) is 16.9 Å². The Morgan fingerprint density at radius 2 is 1.38 bits per heavy atom. The van der Waals surface area contributed by atoms with Crippen LogP contribution in [0.15, 0.2) is 102 Å². The van der Waals surface area contributed by atoms with Crippen LogP contribution in [0.2, 0.25) is 0 Å². The van der Waals surface area contributed by atoms with Gasteiger partial charge in [-0.05, 0) is 121 Å². The van der Waals surface area contributed by atoms with Gasteiger partial charge in [0.05, 0.1) is 18.4 Å². The summed E-state index contributed by atoms with van der Waals surface area (Å²) in [4.78, 5) is 31.3. The van der Waals surface area contributed by atoms with E-state index in [1.54, 1.807) is 24.1 Å². The molecule has 3 N–H and O–H groups in total. The number of sulfonamides is 1.